The van der Waals surface area contributed by atoms with Crippen molar-refractivity contribution >= 4 is 23.2 Å². The molecule has 1 aromatic carbocycles. The first-order valence-electron chi connectivity index (χ1n) is 12.4. The molecule has 1 fully saturated rings. The number of Topliss-reactive ketones (excluding diaryl/α,β-unsaturated/α-hetero) is 2. The number of phenolic OH excluding ortho intramolecular Hbond substituents is 1. The lowest BCUT2D eigenvalue weighted by Gasteiger charge is -2.50. The van der Waals surface area contributed by atoms with Gasteiger partial charge in [0.1, 0.15) is 22.8 Å². The molecular formula is C26H30F3N3O7. The number of fused-ring (bicyclic) bond motifs is 3. The minimum Gasteiger partial charge on any atom is -0.508 e. The number of hydrogen-bond acceptors (Lipinski definition) is 9. The van der Waals surface area contributed by atoms with Crippen LogP contribution in [0, 0.1) is 11.8 Å². The summed E-state index contributed by atoms with van der Waals surface area (Å²) >= 11 is 0. The van der Waals surface area contributed by atoms with Crippen molar-refractivity contribution < 1.29 is 48.0 Å². The molecule has 0 aromatic heterocycles. The number of halogens is 3. The maximum Gasteiger partial charge on any atom is 0.417 e. The maximum atomic E-state index is 14.4. The molecule has 212 valence electrons. The van der Waals surface area contributed by atoms with Crippen molar-refractivity contribution in [2.75, 3.05) is 20.6 Å². The normalized spacial score (nSPS) is 27.0. The number of carbonyl (C=O) groups excluding carboxylic acids is 3. The lowest BCUT2D eigenvalue weighted by atomic mass is 9.57. The summed E-state index contributed by atoms with van der Waals surface area (Å²) in [4.78, 5) is 40.2. The number of phenols is 1. The molecule has 3 aliphatic rings. The number of aromatic hydroxyl groups is 1. The number of nitrogens with zero attached hydrogens (tertiary/aromatic N) is 1. The average Bonchev–Trinajstić information content (AvgIpc) is 2.80. The molecule has 0 unspecified atom stereocenters. The fourth-order valence-corrected chi connectivity index (χ4v) is 6.28. The third-order valence-corrected chi connectivity index (χ3v) is 7.83. The third-order valence-electron chi connectivity index (χ3n) is 7.83. The largest absolute Gasteiger partial charge is 0.508 e. The lowest BCUT2D eigenvalue weighted by molar-refractivity contribution is -0.153. The quantitative estimate of drug-likeness (QED) is 0.225. The molecule has 0 heterocycles. The highest BCUT2D eigenvalue weighted by atomic mass is 19.4. The number of hydrogen-bond donors (Lipinski definition) is 6. The molecule has 0 saturated heterocycles. The topological polar surface area (TPSA) is 173 Å². The van der Waals surface area contributed by atoms with E-state index in [0.717, 1.165) is 6.07 Å². The van der Waals surface area contributed by atoms with E-state index in [2.05, 4.69) is 5.32 Å². The number of aliphatic hydroxyl groups excluding tert-OH is 2. The Morgan fingerprint density at radius 2 is 1.87 bits per heavy atom. The molecule has 0 aliphatic heterocycles. The van der Waals surface area contributed by atoms with Crippen molar-refractivity contribution in [2.24, 2.45) is 17.6 Å². The zero-order chi connectivity index (χ0) is 29.2. The van der Waals surface area contributed by atoms with Gasteiger partial charge >= 0.3 is 6.18 Å². The van der Waals surface area contributed by atoms with Gasteiger partial charge in [-0.25, -0.2) is 0 Å². The molecule has 1 aromatic rings. The van der Waals surface area contributed by atoms with Crippen LogP contribution in [0.4, 0.5) is 13.2 Å². The van der Waals surface area contributed by atoms with Crippen LogP contribution < -0.4 is 11.1 Å². The Morgan fingerprint density at radius 1 is 1.23 bits per heavy atom. The van der Waals surface area contributed by atoms with Gasteiger partial charge in [0, 0.05) is 18.0 Å². The number of likely N-dealkylation sites (N-methyl/N-ethyl adjacent to an activating group) is 1. The second-order valence-electron chi connectivity index (χ2n) is 10.4. The summed E-state index contributed by atoms with van der Waals surface area (Å²) in [6.45, 7) is 2.05. The van der Waals surface area contributed by atoms with Crippen molar-refractivity contribution in [2.45, 2.75) is 50.6 Å². The molecule has 13 heteroatoms. The minimum atomic E-state index is -4.87. The third kappa shape index (κ3) is 4.19. The number of alkyl halides is 3. The van der Waals surface area contributed by atoms with Crippen LogP contribution in [0.25, 0.3) is 5.76 Å². The molecule has 10 nitrogen and oxygen atoms in total. The Bertz CT molecular complexity index is 1330. The number of nitrogens with two attached hydrogens (primary N) is 1. The van der Waals surface area contributed by atoms with E-state index in [0.29, 0.717) is 13.0 Å². The standard InChI is InChI=1S/C26H30F3N3O7/c1-4-5-31-9-11-8-14(33)16-12(18(11)26(27,28)29)6-10-7-13-19(32(2)3)21(35)17(24(30)38)23(37)25(13,39)22(36)15(10)20(16)34/h8,10,13,19,31,33-34,37,39H,4-7,9H2,1-3H3,(H2,30,38)/t10-,13-,19-,25-/m0/s1. The van der Waals surface area contributed by atoms with Crippen molar-refractivity contribution in [3.05, 3.63) is 45.2 Å². The van der Waals surface area contributed by atoms with E-state index in [1.165, 1.54) is 19.0 Å². The van der Waals surface area contributed by atoms with E-state index in [1.54, 1.807) is 0 Å². The van der Waals surface area contributed by atoms with Gasteiger partial charge in [-0.05, 0) is 63.0 Å². The number of nitrogens with one attached hydrogen (secondary N) is 1. The summed E-state index contributed by atoms with van der Waals surface area (Å²) in [6, 6.07) is -0.460. The number of benzene rings is 1. The van der Waals surface area contributed by atoms with Crippen LogP contribution in [0.15, 0.2) is 23.0 Å². The Kier molecular flexibility index (Phi) is 7.07. The van der Waals surface area contributed by atoms with E-state index in [-0.39, 0.29) is 18.5 Å². The molecule has 39 heavy (non-hydrogen) atoms. The van der Waals surface area contributed by atoms with Gasteiger partial charge in [0.15, 0.2) is 11.4 Å². The molecule has 1 amide bonds. The van der Waals surface area contributed by atoms with Crippen LogP contribution in [0.2, 0.25) is 0 Å². The van der Waals surface area contributed by atoms with Gasteiger partial charge in [0.2, 0.25) is 5.78 Å². The SMILES string of the molecule is CCCNCc1cc(O)c2c(c1C(F)(F)F)C[C@H]1C[C@H]3[C@H](N(C)C)C(=O)C(C(N)=O)=C(O)[C@@]3(O)C(=O)C1=C2O. The molecule has 3 aliphatic carbocycles. The van der Waals surface area contributed by atoms with Crippen LogP contribution >= 0.6 is 0 Å². The van der Waals surface area contributed by atoms with E-state index in [1.807, 2.05) is 6.92 Å². The number of carbonyl (C=O) groups is 3. The van der Waals surface area contributed by atoms with Crippen LogP contribution in [0.5, 0.6) is 5.75 Å². The van der Waals surface area contributed by atoms with Gasteiger partial charge in [-0.2, -0.15) is 13.2 Å². The highest BCUT2D eigenvalue weighted by molar-refractivity contribution is 6.24. The fraction of sp³-hybridized carbons (Fsp3) is 0.500. The predicted octanol–water partition coefficient (Wildman–Crippen LogP) is 1.48. The first kappa shape index (κ1) is 28.6. The highest BCUT2D eigenvalue weighted by Crippen LogP contribution is 2.54. The first-order valence-corrected chi connectivity index (χ1v) is 12.4. The first-order chi connectivity index (χ1) is 18.1. The summed E-state index contributed by atoms with van der Waals surface area (Å²) < 4.78 is 43.1. The Balaban J connectivity index is 1.97. The van der Waals surface area contributed by atoms with Crippen molar-refractivity contribution in [1.82, 2.24) is 10.2 Å². The molecule has 0 radical (unpaired) electrons. The highest BCUT2D eigenvalue weighted by Gasteiger charge is 2.64. The number of primary amides is 1. The number of ketones is 2. The summed E-state index contributed by atoms with van der Waals surface area (Å²) in [5.41, 5.74) is -1.39. The smallest absolute Gasteiger partial charge is 0.417 e. The molecule has 4 atom stereocenters. The zero-order valence-corrected chi connectivity index (χ0v) is 21.5. The number of rotatable bonds is 6. The summed E-state index contributed by atoms with van der Waals surface area (Å²) in [5.74, 6) is -9.03. The lowest BCUT2D eigenvalue weighted by Crippen LogP contribution is -2.65. The predicted molar refractivity (Wildman–Crippen MR) is 131 cm³/mol. The van der Waals surface area contributed by atoms with E-state index >= 15 is 0 Å². The minimum absolute atomic E-state index is 0.210. The van der Waals surface area contributed by atoms with Gasteiger partial charge in [-0.1, -0.05) is 6.92 Å². The number of amides is 1. The van der Waals surface area contributed by atoms with Crippen LogP contribution in [-0.2, 0) is 33.5 Å². The van der Waals surface area contributed by atoms with Gasteiger partial charge in [0.25, 0.3) is 5.91 Å². The zero-order valence-electron chi connectivity index (χ0n) is 21.5. The van der Waals surface area contributed by atoms with Crippen molar-refractivity contribution in [1.29, 1.82) is 0 Å². The van der Waals surface area contributed by atoms with Gasteiger partial charge in [0.05, 0.1) is 17.2 Å². The molecular weight excluding hydrogens is 523 g/mol. The Morgan fingerprint density at radius 3 is 2.41 bits per heavy atom. The fourth-order valence-electron chi connectivity index (χ4n) is 6.28. The molecule has 1 saturated carbocycles. The molecule has 0 bridgehead atoms. The monoisotopic (exact) mass is 553 g/mol. The van der Waals surface area contributed by atoms with Crippen LogP contribution in [0.3, 0.4) is 0 Å². The molecule has 4 rings (SSSR count). The van der Waals surface area contributed by atoms with E-state index in [4.69, 9.17) is 5.73 Å². The van der Waals surface area contributed by atoms with Gasteiger partial charge in [-0.3, -0.25) is 19.3 Å². The van der Waals surface area contributed by atoms with Crippen molar-refractivity contribution in [3.63, 3.8) is 0 Å². The van der Waals surface area contributed by atoms with Crippen molar-refractivity contribution in [3.8, 4) is 5.75 Å². The van der Waals surface area contributed by atoms with Crippen LogP contribution in [-0.4, -0.2) is 75.1 Å². The van der Waals surface area contributed by atoms with E-state index in [9.17, 15) is 48.0 Å². The Labute approximate surface area is 221 Å². The molecule has 7 N–H and O–H groups in total. The van der Waals surface area contributed by atoms with Crippen LogP contribution in [0.1, 0.15) is 42.0 Å². The van der Waals surface area contributed by atoms with E-state index < -0.39 is 98.7 Å². The maximum absolute atomic E-state index is 14.4. The summed E-state index contributed by atoms with van der Waals surface area (Å²) in [7, 11) is 2.87. The molecule has 0 spiro atoms. The number of aliphatic hydroxyl groups is 3. The van der Waals surface area contributed by atoms with Gasteiger partial charge < -0.3 is 31.5 Å². The second kappa shape index (κ2) is 9.65. The summed E-state index contributed by atoms with van der Waals surface area (Å²) in [6.07, 6.45) is -4.96. The van der Waals surface area contributed by atoms with Gasteiger partial charge in [-0.15, -0.1) is 0 Å². The average molecular weight is 554 g/mol. The second-order valence-corrected chi connectivity index (χ2v) is 10.4. The summed E-state index contributed by atoms with van der Waals surface area (Å²) in [5, 5.41) is 47.1. The Hall–Kier alpha value is -3.42.